The second kappa shape index (κ2) is 5.44. The molecule has 0 aliphatic carbocycles. The van der Waals surface area contributed by atoms with E-state index in [4.69, 9.17) is 12.6 Å². The Bertz CT molecular complexity index is 380. The summed E-state index contributed by atoms with van der Waals surface area (Å²) < 4.78 is 33.0. The number of ether oxygens (including phenoxy) is 1. The molecule has 78 valence electrons. The van der Waals surface area contributed by atoms with Gasteiger partial charge in [-0.05, 0) is 24.1 Å². The number of hydrogen-bond acceptors (Lipinski definition) is 2. The topological polar surface area (TPSA) is 29.5 Å². The number of methoxy groups -OCH3 is 1. The largest absolute Gasteiger partial charge is 0.392 e. The number of hydrogen-bond donors (Lipinski definition) is 1. The Balaban J connectivity index is 3.11. The van der Waals surface area contributed by atoms with Gasteiger partial charge in [-0.1, -0.05) is 15.9 Å². The molecule has 0 saturated heterocycles. The fraction of sp³-hybridized carbons (Fsp3) is 0.400. The average Bonchev–Trinajstić information content (AvgIpc) is 2.14. The van der Waals surface area contributed by atoms with E-state index in [9.17, 15) is 4.39 Å². The predicted molar refractivity (Wildman–Crippen MR) is 55.6 cm³/mol. The molecule has 0 spiro atoms. The van der Waals surface area contributed by atoms with E-state index >= 15 is 0 Å². The van der Waals surface area contributed by atoms with Crippen LogP contribution in [0.1, 0.15) is 13.9 Å². The summed E-state index contributed by atoms with van der Waals surface area (Å²) >= 11 is 3.18. The quantitative estimate of drug-likeness (QED) is 0.904. The smallest absolute Gasteiger partial charge is 0.129 e. The monoisotopic (exact) mass is 264 g/mol. The summed E-state index contributed by atoms with van der Waals surface area (Å²) in [5.41, 5.74) is 0.331. The molecule has 1 aromatic carbocycles. The minimum atomic E-state index is -2.67. The Morgan fingerprint density at radius 3 is 2.86 bits per heavy atom. The van der Waals surface area contributed by atoms with Gasteiger partial charge in [0.15, 0.2) is 0 Å². The molecule has 1 N–H and O–H groups in total. The maximum absolute atomic E-state index is 13.4. The molecule has 0 heterocycles. The molecule has 0 radical (unpaired) electrons. The van der Waals surface area contributed by atoms with Crippen LogP contribution in [0, 0.1) is 5.82 Å². The first kappa shape index (κ1) is 8.83. The van der Waals surface area contributed by atoms with Crippen LogP contribution in [0.25, 0.3) is 0 Å². The van der Waals surface area contributed by atoms with Crippen molar-refractivity contribution < 1.29 is 17.0 Å². The standard InChI is InChI=1S/C10H12BrFO2/c1-14-3-2-7-4-8(6-13)10(12)5-9(7)11/h4-5,13H,2-3,6H2,1H3/i6D2. The maximum Gasteiger partial charge on any atom is 0.129 e. The zero-order valence-corrected chi connectivity index (χ0v) is 9.27. The lowest BCUT2D eigenvalue weighted by atomic mass is 10.1. The van der Waals surface area contributed by atoms with Crippen molar-refractivity contribution in [1.29, 1.82) is 0 Å². The molecule has 4 heteroatoms. The van der Waals surface area contributed by atoms with Crippen molar-refractivity contribution in [3.63, 3.8) is 0 Å². The van der Waals surface area contributed by atoms with Crippen LogP contribution >= 0.6 is 15.9 Å². The summed E-state index contributed by atoms with van der Waals surface area (Å²) in [5.74, 6) is -0.777. The van der Waals surface area contributed by atoms with Crippen LogP contribution < -0.4 is 0 Å². The molecule has 0 fully saturated rings. The van der Waals surface area contributed by atoms with Gasteiger partial charge >= 0.3 is 0 Å². The van der Waals surface area contributed by atoms with Gasteiger partial charge in [-0.2, -0.15) is 0 Å². The molecule has 0 unspecified atom stereocenters. The molecule has 0 aliphatic heterocycles. The lowest BCUT2D eigenvalue weighted by Gasteiger charge is -2.07. The highest BCUT2D eigenvalue weighted by Gasteiger charge is 2.07. The van der Waals surface area contributed by atoms with Crippen LogP contribution in [0.5, 0.6) is 0 Å². The van der Waals surface area contributed by atoms with Gasteiger partial charge in [0.2, 0.25) is 0 Å². The predicted octanol–water partition coefficient (Wildman–Crippen LogP) is 2.27. The van der Waals surface area contributed by atoms with Gasteiger partial charge in [-0.15, -0.1) is 0 Å². The average molecular weight is 265 g/mol. The van der Waals surface area contributed by atoms with E-state index in [0.29, 0.717) is 23.1 Å². The van der Waals surface area contributed by atoms with Crippen LogP contribution in [0.15, 0.2) is 16.6 Å². The van der Waals surface area contributed by atoms with Gasteiger partial charge in [-0.25, -0.2) is 4.39 Å². The summed E-state index contributed by atoms with van der Waals surface area (Å²) in [4.78, 5) is 0. The van der Waals surface area contributed by atoms with Gasteiger partial charge in [0.25, 0.3) is 0 Å². The number of halogens is 2. The van der Waals surface area contributed by atoms with E-state index in [2.05, 4.69) is 15.9 Å². The zero-order chi connectivity index (χ0) is 12.3. The summed E-state index contributed by atoms with van der Waals surface area (Å²) in [6, 6.07) is 2.45. The van der Waals surface area contributed by atoms with Crippen LogP contribution in [0.2, 0.25) is 0 Å². The number of benzene rings is 1. The molecule has 0 atom stereocenters. The fourth-order valence-electron chi connectivity index (χ4n) is 1.08. The summed E-state index contributed by atoms with van der Waals surface area (Å²) in [6.45, 7) is -2.23. The Labute approximate surface area is 93.6 Å². The van der Waals surface area contributed by atoms with Gasteiger partial charge in [-0.3, -0.25) is 0 Å². The first-order valence-electron chi connectivity index (χ1n) is 5.06. The second-order valence-corrected chi connectivity index (χ2v) is 3.63. The van der Waals surface area contributed by atoms with Crippen LogP contribution in [-0.2, 0) is 17.7 Å². The Hall–Kier alpha value is -0.450. The van der Waals surface area contributed by atoms with E-state index in [1.54, 1.807) is 7.11 Å². The van der Waals surface area contributed by atoms with Crippen LogP contribution in [0.3, 0.4) is 0 Å². The highest BCUT2D eigenvalue weighted by molar-refractivity contribution is 9.10. The molecule has 0 saturated carbocycles. The minimum Gasteiger partial charge on any atom is -0.392 e. The minimum absolute atomic E-state index is 0.359. The highest BCUT2D eigenvalue weighted by atomic mass is 79.9. The second-order valence-electron chi connectivity index (χ2n) is 2.78. The Kier molecular flexibility index (Phi) is 3.43. The van der Waals surface area contributed by atoms with Crippen molar-refractivity contribution in [3.8, 4) is 0 Å². The normalized spacial score (nSPS) is 13.7. The van der Waals surface area contributed by atoms with E-state index in [-0.39, 0.29) is 5.56 Å². The highest BCUT2D eigenvalue weighted by Crippen LogP contribution is 2.22. The van der Waals surface area contributed by atoms with Crippen molar-refractivity contribution in [2.24, 2.45) is 0 Å². The third kappa shape index (κ3) is 2.77. The summed E-state index contributed by atoms with van der Waals surface area (Å²) in [5, 5.41) is 9.16. The van der Waals surface area contributed by atoms with Crippen molar-refractivity contribution in [3.05, 3.63) is 33.5 Å². The van der Waals surface area contributed by atoms with Crippen LogP contribution in [0.4, 0.5) is 4.39 Å². The van der Waals surface area contributed by atoms with E-state index in [1.165, 1.54) is 6.07 Å². The molecular weight excluding hydrogens is 251 g/mol. The fourth-order valence-corrected chi connectivity index (χ4v) is 1.60. The lowest BCUT2D eigenvalue weighted by molar-refractivity contribution is 0.202. The molecule has 14 heavy (non-hydrogen) atoms. The first-order chi connectivity index (χ1) is 7.36. The lowest BCUT2D eigenvalue weighted by Crippen LogP contribution is -1.99. The van der Waals surface area contributed by atoms with E-state index < -0.39 is 12.4 Å². The Morgan fingerprint density at radius 1 is 1.57 bits per heavy atom. The van der Waals surface area contributed by atoms with Crippen molar-refractivity contribution in [2.45, 2.75) is 13.0 Å². The zero-order valence-electron chi connectivity index (χ0n) is 9.68. The molecule has 0 bridgehead atoms. The molecule has 0 aromatic heterocycles. The van der Waals surface area contributed by atoms with Gasteiger partial charge in [0, 0.05) is 17.1 Å². The third-order valence-corrected chi connectivity index (χ3v) is 2.57. The first-order valence-corrected chi connectivity index (χ1v) is 4.85. The van der Waals surface area contributed by atoms with Crippen molar-refractivity contribution >= 4 is 15.9 Å². The van der Waals surface area contributed by atoms with Crippen molar-refractivity contribution in [2.75, 3.05) is 13.7 Å². The Morgan fingerprint density at radius 2 is 2.29 bits per heavy atom. The summed E-state index contributed by atoms with van der Waals surface area (Å²) in [7, 11) is 1.55. The summed E-state index contributed by atoms with van der Waals surface area (Å²) in [6.07, 6.45) is 0.514. The SMILES string of the molecule is [2H]C([2H])(O)c1cc(CCOC)c(Br)cc1F. The van der Waals surface area contributed by atoms with Crippen molar-refractivity contribution in [1.82, 2.24) is 0 Å². The number of aliphatic hydroxyl groups is 1. The molecule has 2 nitrogen and oxygen atoms in total. The molecule has 1 rings (SSSR count). The molecule has 1 aromatic rings. The van der Waals surface area contributed by atoms with Gasteiger partial charge in [0.05, 0.1) is 15.9 Å². The number of rotatable bonds is 4. The van der Waals surface area contributed by atoms with Crippen LogP contribution in [-0.4, -0.2) is 18.8 Å². The van der Waals surface area contributed by atoms with E-state index in [1.807, 2.05) is 0 Å². The van der Waals surface area contributed by atoms with E-state index in [0.717, 1.165) is 6.07 Å². The van der Waals surface area contributed by atoms with Gasteiger partial charge < -0.3 is 9.84 Å². The van der Waals surface area contributed by atoms with Gasteiger partial charge in [0.1, 0.15) is 5.82 Å². The molecular formula is C10H12BrFO2. The third-order valence-electron chi connectivity index (χ3n) is 1.83. The molecule has 0 aliphatic rings. The molecule has 0 amide bonds. The maximum atomic E-state index is 13.4.